The highest BCUT2D eigenvalue weighted by atomic mass is 35.5. The first kappa shape index (κ1) is 28.7. The Balaban J connectivity index is 1.80. The molecule has 0 atom stereocenters. The van der Waals surface area contributed by atoms with E-state index in [0.717, 1.165) is 35.8 Å². The fraction of sp³-hybridized carbons (Fsp3) is 0.500. The number of allylic oxidation sites excluding steroid dienone is 2. The van der Waals surface area contributed by atoms with Gasteiger partial charge in [-0.3, -0.25) is 13.9 Å². The first-order valence-electron chi connectivity index (χ1n) is 12.7. The summed E-state index contributed by atoms with van der Waals surface area (Å²) in [6.07, 6.45) is 7.28. The van der Waals surface area contributed by atoms with E-state index in [0.29, 0.717) is 23.3 Å². The highest BCUT2D eigenvalue weighted by Crippen LogP contribution is 2.43. The zero-order valence-corrected chi connectivity index (χ0v) is 24.3. The van der Waals surface area contributed by atoms with Crippen LogP contribution in [0.3, 0.4) is 0 Å². The van der Waals surface area contributed by atoms with Crippen molar-refractivity contribution in [3.8, 4) is 0 Å². The smallest absolute Gasteiger partial charge is 0.329 e. The van der Waals surface area contributed by atoms with E-state index in [1.807, 2.05) is 24.5 Å². The van der Waals surface area contributed by atoms with Gasteiger partial charge in [-0.15, -0.1) is 0 Å². The van der Waals surface area contributed by atoms with Gasteiger partial charge in [0.25, 0.3) is 5.56 Å². The first-order valence-corrected chi connectivity index (χ1v) is 15.5. The number of nitrogens with zero attached hydrogens (tertiary/aromatic N) is 4. The maximum Gasteiger partial charge on any atom is 0.332 e. The molecule has 38 heavy (non-hydrogen) atoms. The van der Waals surface area contributed by atoms with Gasteiger partial charge in [0.1, 0.15) is 0 Å². The molecule has 1 aromatic carbocycles. The van der Waals surface area contributed by atoms with Crippen molar-refractivity contribution in [1.29, 1.82) is 0 Å². The molecule has 0 amide bonds. The maximum atomic E-state index is 13.7. The number of aryl methyl sites for hydroxylation is 1. The lowest BCUT2D eigenvalue weighted by molar-refractivity contribution is 0.402. The normalized spacial score (nSPS) is 15.6. The second-order valence-electron chi connectivity index (χ2n) is 10.1. The molecule has 1 aliphatic carbocycles. The summed E-state index contributed by atoms with van der Waals surface area (Å²) < 4.78 is 29.8. The fourth-order valence-electron chi connectivity index (χ4n) is 4.78. The fourth-order valence-corrected chi connectivity index (χ4v) is 7.49. The molecule has 0 radical (unpaired) electrons. The number of benzene rings is 1. The number of halogens is 1. The van der Waals surface area contributed by atoms with Crippen LogP contribution >= 0.6 is 23.4 Å². The van der Waals surface area contributed by atoms with Gasteiger partial charge in [0.05, 0.1) is 10.6 Å². The van der Waals surface area contributed by atoms with Crippen LogP contribution in [0, 0.1) is 0 Å². The number of thioether (sulfide) groups is 1. The Kier molecular flexibility index (Phi) is 8.61. The van der Waals surface area contributed by atoms with Crippen molar-refractivity contribution in [3.05, 3.63) is 61.8 Å². The Morgan fingerprint density at radius 2 is 1.79 bits per heavy atom. The van der Waals surface area contributed by atoms with Gasteiger partial charge in [-0.2, -0.15) is 0 Å². The Morgan fingerprint density at radius 1 is 1.13 bits per heavy atom. The predicted octanol–water partition coefficient (Wildman–Crippen LogP) is 3.74. The van der Waals surface area contributed by atoms with Crippen molar-refractivity contribution in [1.82, 2.24) is 18.7 Å². The van der Waals surface area contributed by atoms with E-state index in [-0.39, 0.29) is 27.4 Å². The van der Waals surface area contributed by atoms with Crippen LogP contribution in [-0.2, 0) is 30.0 Å². The van der Waals surface area contributed by atoms with Crippen LogP contribution in [-0.4, -0.2) is 44.1 Å². The lowest BCUT2D eigenvalue weighted by Crippen LogP contribution is -2.41. The largest absolute Gasteiger partial charge is 0.332 e. The van der Waals surface area contributed by atoms with Crippen LogP contribution in [0.15, 0.2) is 55.6 Å². The molecule has 9 nitrogen and oxygen atoms in total. The zero-order chi connectivity index (χ0) is 27.7. The Morgan fingerprint density at radius 3 is 2.39 bits per heavy atom. The average molecular weight is 580 g/mol. The molecule has 0 aliphatic heterocycles. The number of aromatic nitrogens is 4. The molecule has 0 unspecified atom stereocenters. The average Bonchev–Trinajstić information content (AvgIpc) is 3.24. The van der Waals surface area contributed by atoms with E-state index >= 15 is 0 Å². The van der Waals surface area contributed by atoms with Gasteiger partial charge in [0.15, 0.2) is 26.2 Å². The van der Waals surface area contributed by atoms with Crippen LogP contribution in [0.25, 0.3) is 11.2 Å². The Hall–Kier alpha value is -2.34. The SMILES string of the molecule is CC(C)=CCn1c(SC2(CN)CCCCC2)nc2c1c(=O)n(CCS(=O)(=O)c1ccc(Cl)cc1)c(=O)n2C. The molecule has 12 heteroatoms. The Labute approximate surface area is 231 Å². The second-order valence-corrected chi connectivity index (χ2v) is 14.1. The van der Waals surface area contributed by atoms with E-state index in [1.54, 1.807) is 18.8 Å². The summed E-state index contributed by atoms with van der Waals surface area (Å²) in [7, 11) is -2.19. The van der Waals surface area contributed by atoms with E-state index in [1.165, 1.54) is 35.3 Å². The molecule has 4 rings (SSSR count). The van der Waals surface area contributed by atoms with Gasteiger partial charge in [-0.05, 0) is 51.0 Å². The van der Waals surface area contributed by atoms with Crippen molar-refractivity contribution < 1.29 is 8.42 Å². The van der Waals surface area contributed by atoms with E-state index in [4.69, 9.17) is 22.3 Å². The summed E-state index contributed by atoms with van der Waals surface area (Å²) in [5.74, 6) is -0.407. The third-order valence-corrected chi connectivity index (χ3v) is 10.5. The standard InChI is InChI=1S/C26H34ClN5O4S2/c1-18(2)11-14-31-21-22(29-24(31)37-26(17-28)12-5-4-6-13-26)30(3)25(34)32(23(21)33)15-16-38(35,36)20-9-7-19(27)8-10-20/h7-11H,4-6,12-17,28H2,1-3H3. The summed E-state index contributed by atoms with van der Waals surface area (Å²) in [5.41, 5.74) is 6.72. The van der Waals surface area contributed by atoms with Crippen molar-refractivity contribution in [2.75, 3.05) is 12.3 Å². The molecule has 1 saturated carbocycles. The number of rotatable bonds is 9. The minimum Gasteiger partial charge on any atom is -0.329 e. The number of fused-ring (bicyclic) bond motifs is 1. The second kappa shape index (κ2) is 11.4. The molecule has 0 saturated heterocycles. The van der Waals surface area contributed by atoms with Crippen LogP contribution in [0.5, 0.6) is 0 Å². The quantitative estimate of drug-likeness (QED) is 0.383. The zero-order valence-electron chi connectivity index (χ0n) is 21.9. The van der Waals surface area contributed by atoms with Crippen LogP contribution in [0.2, 0.25) is 5.02 Å². The van der Waals surface area contributed by atoms with E-state index in [2.05, 4.69) is 0 Å². The molecular weight excluding hydrogens is 546 g/mol. The molecule has 0 spiro atoms. The summed E-state index contributed by atoms with van der Waals surface area (Å²) in [6, 6.07) is 5.82. The van der Waals surface area contributed by atoms with Crippen molar-refractivity contribution in [2.24, 2.45) is 12.8 Å². The number of imidazole rings is 1. The molecular formula is C26H34ClN5O4S2. The highest BCUT2D eigenvalue weighted by Gasteiger charge is 2.34. The molecule has 1 aliphatic rings. The summed E-state index contributed by atoms with van der Waals surface area (Å²) in [6.45, 7) is 4.57. The van der Waals surface area contributed by atoms with Gasteiger partial charge in [-0.25, -0.2) is 18.2 Å². The highest BCUT2D eigenvalue weighted by molar-refractivity contribution is 8.00. The van der Waals surface area contributed by atoms with Crippen molar-refractivity contribution >= 4 is 44.4 Å². The molecule has 0 bridgehead atoms. The molecule has 206 valence electrons. The summed E-state index contributed by atoms with van der Waals surface area (Å²) in [4.78, 5) is 31.8. The predicted molar refractivity (Wildman–Crippen MR) is 153 cm³/mol. The number of sulfone groups is 1. The topological polar surface area (TPSA) is 122 Å². The van der Waals surface area contributed by atoms with Gasteiger partial charge in [0.2, 0.25) is 0 Å². The number of nitrogens with two attached hydrogens (primary N) is 1. The molecule has 2 heterocycles. The first-order chi connectivity index (χ1) is 18.0. The summed E-state index contributed by atoms with van der Waals surface area (Å²) >= 11 is 7.47. The van der Waals surface area contributed by atoms with Gasteiger partial charge in [0, 0.05) is 36.5 Å². The number of hydrogen-bond donors (Lipinski definition) is 1. The van der Waals surface area contributed by atoms with Gasteiger partial charge in [-0.1, -0.05) is 54.3 Å². The monoisotopic (exact) mass is 579 g/mol. The minimum absolute atomic E-state index is 0.0831. The van der Waals surface area contributed by atoms with E-state index < -0.39 is 26.8 Å². The lowest BCUT2D eigenvalue weighted by atomic mass is 9.88. The molecule has 2 aromatic heterocycles. The van der Waals surface area contributed by atoms with Crippen molar-refractivity contribution in [2.45, 2.75) is 73.8 Å². The third kappa shape index (κ3) is 5.80. The van der Waals surface area contributed by atoms with Crippen molar-refractivity contribution in [3.63, 3.8) is 0 Å². The van der Waals surface area contributed by atoms with Crippen LogP contribution in [0.1, 0.15) is 46.0 Å². The van der Waals surface area contributed by atoms with Gasteiger partial charge >= 0.3 is 5.69 Å². The molecule has 3 aromatic rings. The Bertz CT molecular complexity index is 1580. The molecule has 2 N–H and O–H groups in total. The molecule has 1 fully saturated rings. The minimum atomic E-state index is -3.75. The maximum absolute atomic E-state index is 13.7. The lowest BCUT2D eigenvalue weighted by Gasteiger charge is -2.35. The number of hydrogen-bond acceptors (Lipinski definition) is 7. The summed E-state index contributed by atoms with van der Waals surface area (Å²) in [5, 5.41) is 1.06. The third-order valence-electron chi connectivity index (χ3n) is 7.08. The van der Waals surface area contributed by atoms with Gasteiger partial charge < -0.3 is 10.3 Å². The van der Waals surface area contributed by atoms with Crippen LogP contribution < -0.4 is 17.0 Å². The van der Waals surface area contributed by atoms with E-state index in [9.17, 15) is 18.0 Å². The van der Waals surface area contributed by atoms with Crippen LogP contribution in [0.4, 0.5) is 0 Å².